The number of rotatable bonds is 8. The molecule has 0 heterocycles. The Labute approximate surface area is 125 Å². The number of carboxylic acid groups (broad SMARTS) is 1. The van der Waals surface area contributed by atoms with Gasteiger partial charge in [-0.15, -0.1) is 0 Å². The first-order chi connectivity index (χ1) is 9.43. The van der Waals surface area contributed by atoms with Gasteiger partial charge in [-0.2, -0.15) is 0 Å². The Kier molecular flexibility index (Phi) is 6.82. The van der Waals surface area contributed by atoms with Gasteiger partial charge in [0.1, 0.15) is 5.75 Å². The molecule has 1 unspecified atom stereocenters. The van der Waals surface area contributed by atoms with Gasteiger partial charge in [0.2, 0.25) is 0 Å². The molecule has 4 nitrogen and oxygen atoms in total. The van der Waals surface area contributed by atoms with Crippen molar-refractivity contribution in [3.05, 3.63) is 28.8 Å². The zero-order chi connectivity index (χ0) is 15.1. The van der Waals surface area contributed by atoms with Crippen molar-refractivity contribution >= 4 is 17.6 Å². The monoisotopic (exact) mass is 299 g/mol. The Balaban J connectivity index is 2.89. The number of nitrogens with one attached hydrogen (secondary N) is 1. The minimum atomic E-state index is -0.940. The molecule has 2 N–H and O–H groups in total. The third-order valence-electron chi connectivity index (χ3n) is 2.82. The number of hydrogen-bond acceptors (Lipinski definition) is 3. The number of benzene rings is 1. The van der Waals surface area contributed by atoms with E-state index in [9.17, 15) is 4.79 Å². The molecule has 0 aliphatic carbocycles. The second kappa shape index (κ2) is 8.12. The van der Waals surface area contributed by atoms with Gasteiger partial charge in [0.25, 0.3) is 0 Å². The summed E-state index contributed by atoms with van der Waals surface area (Å²) in [7, 11) is 0. The molecule has 112 valence electrons. The Morgan fingerprint density at radius 3 is 2.70 bits per heavy atom. The van der Waals surface area contributed by atoms with E-state index in [1.54, 1.807) is 18.2 Å². The fraction of sp³-hybridized carbons (Fsp3) is 0.533. The molecule has 1 aromatic rings. The average Bonchev–Trinajstić information content (AvgIpc) is 2.37. The molecule has 0 bridgehead atoms. The minimum Gasteiger partial charge on any atom is -0.479 e. The van der Waals surface area contributed by atoms with E-state index in [4.69, 9.17) is 21.4 Å². The molecule has 0 spiro atoms. The van der Waals surface area contributed by atoms with Crippen LogP contribution in [0.2, 0.25) is 5.02 Å². The highest BCUT2D eigenvalue weighted by Gasteiger charge is 2.19. The first kappa shape index (κ1) is 16.8. The Bertz CT molecular complexity index is 449. The Morgan fingerprint density at radius 2 is 2.15 bits per heavy atom. The van der Waals surface area contributed by atoms with E-state index < -0.39 is 12.1 Å². The maximum Gasteiger partial charge on any atom is 0.344 e. The summed E-state index contributed by atoms with van der Waals surface area (Å²) < 4.78 is 5.64. The second-order valence-electron chi connectivity index (χ2n) is 5.02. The van der Waals surface area contributed by atoms with E-state index >= 15 is 0 Å². The first-order valence-electron chi connectivity index (χ1n) is 6.85. The summed E-state index contributed by atoms with van der Waals surface area (Å²) in [5.74, 6) is -0.368. The predicted octanol–water partition coefficient (Wildman–Crippen LogP) is 3.47. The van der Waals surface area contributed by atoms with Crippen LogP contribution in [0.15, 0.2) is 18.2 Å². The van der Waals surface area contributed by atoms with Crippen molar-refractivity contribution in [2.24, 2.45) is 0 Å². The van der Waals surface area contributed by atoms with E-state index in [2.05, 4.69) is 5.32 Å². The predicted molar refractivity (Wildman–Crippen MR) is 80.4 cm³/mol. The van der Waals surface area contributed by atoms with Crippen LogP contribution in [0.4, 0.5) is 0 Å². The number of carboxylic acids is 1. The van der Waals surface area contributed by atoms with Crippen molar-refractivity contribution in [2.75, 3.05) is 0 Å². The van der Waals surface area contributed by atoms with Crippen molar-refractivity contribution in [3.8, 4) is 5.75 Å². The molecule has 1 aromatic carbocycles. The Morgan fingerprint density at radius 1 is 1.45 bits per heavy atom. The summed E-state index contributed by atoms with van der Waals surface area (Å²) in [6.07, 6.45) is 0.415. The van der Waals surface area contributed by atoms with E-state index in [0.29, 0.717) is 29.8 Å². The van der Waals surface area contributed by atoms with Crippen molar-refractivity contribution in [1.82, 2.24) is 5.32 Å². The van der Waals surface area contributed by atoms with Crippen LogP contribution in [0.1, 0.15) is 39.2 Å². The summed E-state index contributed by atoms with van der Waals surface area (Å²) in [6, 6.07) is 5.57. The van der Waals surface area contributed by atoms with Crippen LogP contribution < -0.4 is 10.1 Å². The van der Waals surface area contributed by atoms with Gasteiger partial charge in [0, 0.05) is 23.2 Å². The summed E-state index contributed by atoms with van der Waals surface area (Å²) in [4.78, 5) is 11.2. The maximum absolute atomic E-state index is 11.2. The quantitative estimate of drug-likeness (QED) is 0.771. The van der Waals surface area contributed by atoms with Crippen LogP contribution in [0.3, 0.4) is 0 Å². The minimum absolute atomic E-state index is 0.327. The van der Waals surface area contributed by atoms with Crippen molar-refractivity contribution in [3.63, 3.8) is 0 Å². The fourth-order valence-corrected chi connectivity index (χ4v) is 1.96. The lowest BCUT2D eigenvalue weighted by Gasteiger charge is -2.18. The lowest BCUT2D eigenvalue weighted by Crippen LogP contribution is -2.28. The van der Waals surface area contributed by atoms with Gasteiger partial charge in [-0.25, -0.2) is 4.79 Å². The molecule has 0 saturated heterocycles. The summed E-state index contributed by atoms with van der Waals surface area (Å²) >= 11 is 5.99. The van der Waals surface area contributed by atoms with Crippen LogP contribution in [-0.2, 0) is 11.3 Å². The molecule has 0 aromatic heterocycles. The topological polar surface area (TPSA) is 58.6 Å². The molecule has 0 aliphatic rings. The average molecular weight is 300 g/mol. The van der Waals surface area contributed by atoms with Gasteiger partial charge < -0.3 is 15.2 Å². The highest BCUT2D eigenvalue weighted by molar-refractivity contribution is 6.30. The SMILES string of the molecule is CCCC(Oc1ccc(Cl)cc1CNC(C)C)C(=O)O. The third kappa shape index (κ3) is 5.39. The zero-order valence-electron chi connectivity index (χ0n) is 12.1. The molecule has 5 heteroatoms. The molecule has 0 saturated carbocycles. The molecule has 0 amide bonds. The number of hydrogen-bond donors (Lipinski definition) is 2. The molecular formula is C15H22ClNO3. The van der Waals surface area contributed by atoms with Gasteiger partial charge in [-0.3, -0.25) is 0 Å². The van der Waals surface area contributed by atoms with Crippen molar-refractivity contribution < 1.29 is 14.6 Å². The van der Waals surface area contributed by atoms with Gasteiger partial charge in [0.05, 0.1) is 0 Å². The molecule has 1 atom stereocenters. The standard InChI is InChI=1S/C15H22ClNO3/c1-4-5-14(15(18)19)20-13-7-6-12(16)8-11(13)9-17-10(2)3/h6-8,10,14,17H,4-5,9H2,1-3H3,(H,18,19). The molecule has 0 radical (unpaired) electrons. The van der Waals surface area contributed by atoms with E-state index in [1.165, 1.54) is 0 Å². The molecule has 20 heavy (non-hydrogen) atoms. The smallest absolute Gasteiger partial charge is 0.344 e. The highest BCUT2D eigenvalue weighted by atomic mass is 35.5. The number of carbonyl (C=O) groups is 1. The zero-order valence-corrected chi connectivity index (χ0v) is 12.9. The summed E-state index contributed by atoms with van der Waals surface area (Å²) in [5, 5.41) is 13.1. The number of ether oxygens (including phenoxy) is 1. The maximum atomic E-state index is 11.2. The van der Waals surface area contributed by atoms with Gasteiger partial charge in [-0.1, -0.05) is 38.8 Å². The number of aliphatic carboxylic acids is 1. The molecular weight excluding hydrogens is 278 g/mol. The van der Waals surface area contributed by atoms with Crippen molar-refractivity contribution in [1.29, 1.82) is 0 Å². The fourth-order valence-electron chi connectivity index (χ4n) is 1.76. The molecule has 1 rings (SSSR count). The number of halogens is 1. The van der Waals surface area contributed by atoms with Crippen LogP contribution in [0.5, 0.6) is 5.75 Å². The van der Waals surface area contributed by atoms with Crippen LogP contribution in [-0.4, -0.2) is 23.2 Å². The van der Waals surface area contributed by atoms with Crippen molar-refractivity contribution in [2.45, 2.75) is 52.3 Å². The largest absolute Gasteiger partial charge is 0.479 e. The van der Waals surface area contributed by atoms with Crippen LogP contribution in [0, 0.1) is 0 Å². The highest BCUT2D eigenvalue weighted by Crippen LogP contribution is 2.25. The summed E-state index contributed by atoms with van der Waals surface area (Å²) in [5.41, 5.74) is 0.869. The third-order valence-corrected chi connectivity index (χ3v) is 3.05. The summed E-state index contributed by atoms with van der Waals surface area (Å²) in [6.45, 7) is 6.61. The normalized spacial score (nSPS) is 12.4. The Hall–Kier alpha value is -1.26. The lowest BCUT2D eigenvalue weighted by molar-refractivity contribution is -0.145. The van der Waals surface area contributed by atoms with Gasteiger partial charge in [0.15, 0.2) is 6.10 Å². The van der Waals surface area contributed by atoms with Gasteiger partial charge in [-0.05, 0) is 24.6 Å². The first-order valence-corrected chi connectivity index (χ1v) is 7.23. The van der Waals surface area contributed by atoms with Gasteiger partial charge >= 0.3 is 5.97 Å². The molecule has 0 fully saturated rings. The van der Waals surface area contributed by atoms with Crippen LogP contribution in [0.25, 0.3) is 0 Å². The van der Waals surface area contributed by atoms with E-state index in [1.807, 2.05) is 20.8 Å². The second-order valence-corrected chi connectivity index (χ2v) is 5.46. The van der Waals surface area contributed by atoms with E-state index in [-0.39, 0.29) is 0 Å². The van der Waals surface area contributed by atoms with E-state index in [0.717, 1.165) is 12.0 Å². The molecule has 0 aliphatic heterocycles. The lowest BCUT2D eigenvalue weighted by atomic mass is 10.1. The van der Waals surface area contributed by atoms with Crippen LogP contribution >= 0.6 is 11.6 Å².